The molecule has 8 heteroatoms. The molecule has 1 aromatic rings. The van der Waals surface area contributed by atoms with Gasteiger partial charge in [0.15, 0.2) is 0 Å². The molecule has 0 bridgehead atoms. The van der Waals surface area contributed by atoms with Gasteiger partial charge >= 0.3 is 0 Å². The fraction of sp³-hybridized carbons (Fsp3) is 0.588. The molecular formula is C17H27N3O4S. The van der Waals surface area contributed by atoms with Crippen LogP contribution in [0, 0.1) is 6.92 Å². The van der Waals surface area contributed by atoms with Crippen LogP contribution in [0.5, 0.6) is 5.75 Å². The van der Waals surface area contributed by atoms with Crippen molar-refractivity contribution in [1.82, 2.24) is 9.62 Å². The molecule has 1 saturated heterocycles. The summed E-state index contributed by atoms with van der Waals surface area (Å²) in [6.07, 6.45) is 2.70. The van der Waals surface area contributed by atoms with Crippen molar-refractivity contribution in [3.8, 4) is 5.75 Å². The molecule has 0 saturated carbocycles. The van der Waals surface area contributed by atoms with E-state index in [0.29, 0.717) is 18.8 Å². The number of carbonyl (C=O) groups is 1. The van der Waals surface area contributed by atoms with Crippen molar-refractivity contribution in [3.63, 3.8) is 0 Å². The van der Waals surface area contributed by atoms with E-state index in [1.807, 2.05) is 13.0 Å². The Kier molecular flexibility index (Phi) is 6.80. The van der Waals surface area contributed by atoms with Gasteiger partial charge in [0.25, 0.3) is 0 Å². The minimum atomic E-state index is -3.70. The number of nitrogens with zero attached hydrogens (tertiary/aromatic N) is 1. The zero-order chi connectivity index (χ0) is 18.4. The van der Waals surface area contributed by atoms with Crippen molar-refractivity contribution in [2.45, 2.75) is 43.5 Å². The molecule has 1 aliphatic heterocycles. The normalized spacial score (nSPS) is 18.8. The third kappa shape index (κ3) is 4.71. The van der Waals surface area contributed by atoms with Gasteiger partial charge in [-0.1, -0.05) is 12.5 Å². The number of hydrogen-bond donors (Lipinski definition) is 2. The van der Waals surface area contributed by atoms with Crippen LogP contribution in [0.15, 0.2) is 23.1 Å². The van der Waals surface area contributed by atoms with Gasteiger partial charge in [0, 0.05) is 32.1 Å². The predicted octanol–water partition coefficient (Wildman–Crippen LogP) is 1.01. The van der Waals surface area contributed by atoms with Crippen LogP contribution < -0.4 is 15.8 Å². The van der Waals surface area contributed by atoms with Gasteiger partial charge in [-0.25, -0.2) is 8.42 Å². The lowest BCUT2D eigenvalue weighted by molar-refractivity contribution is -0.121. The molecule has 1 heterocycles. The summed E-state index contributed by atoms with van der Waals surface area (Å²) in [4.78, 5) is 11.9. The smallest absolute Gasteiger partial charge is 0.247 e. The van der Waals surface area contributed by atoms with E-state index in [9.17, 15) is 13.2 Å². The summed E-state index contributed by atoms with van der Waals surface area (Å²) >= 11 is 0. The standard InChI is InChI=1S/C17H27N3O4S/c1-13-6-7-15(24-2)16(11-13)25(22,23)20-10-4-3-5-14(20)12-19-17(21)8-9-18/h6-7,11,14H,3-5,8-10,12,18H2,1-2H3,(H,19,21). The number of hydrogen-bond acceptors (Lipinski definition) is 5. The third-order valence-electron chi connectivity index (χ3n) is 4.39. The summed E-state index contributed by atoms with van der Waals surface area (Å²) in [7, 11) is -2.24. The first-order chi connectivity index (χ1) is 11.9. The van der Waals surface area contributed by atoms with Crippen molar-refractivity contribution < 1.29 is 17.9 Å². The largest absolute Gasteiger partial charge is 0.495 e. The third-order valence-corrected chi connectivity index (χ3v) is 6.36. The summed E-state index contributed by atoms with van der Waals surface area (Å²) in [6.45, 7) is 2.86. The summed E-state index contributed by atoms with van der Waals surface area (Å²) < 4.78 is 33.2. The van der Waals surface area contributed by atoms with Crippen molar-refractivity contribution in [3.05, 3.63) is 23.8 Å². The first-order valence-corrected chi connectivity index (χ1v) is 9.97. The minimum Gasteiger partial charge on any atom is -0.495 e. The van der Waals surface area contributed by atoms with Crippen LogP contribution in [0.4, 0.5) is 0 Å². The number of sulfonamides is 1. The van der Waals surface area contributed by atoms with Crippen LogP contribution in [-0.2, 0) is 14.8 Å². The summed E-state index contributed by atoms with van der Waals surface area (Å²) in [5.41, 5.74) is 6.23. The first-order valence-electron chi connectivity index (χ1n) is 8.53. The van der Waals surface area contributed by atoms with E-state index in [-0.39, 0.29) is 29.8 Å². The Morgan fingerprint density at radius 3 is 2.84 bits per heavy atom. The topological polar surface area (TPSA) is 102 Å². The number of amides is 1. The van der Waals surface area contributed by atoms with Crippen molar-refractivity contribution in [2.75, 3.05) is 26.7 Å². The Balaban J connectivity index is 2.26. The number of carbonyl (C=O) groups excluding carboxylic acids is 1. The van der Waals surface area contributed by atoms with Crippen LogP contribution >= 0.6 is 0 Å². The number of nitrogens with one attached hydrogen (secondary N) is 1. The zero-order valence-corrected chi connectivity index (χ0v) is 15.6. The van der Waals surface area contributed by atoms with E-state index in [1.165, 1.54) is 11.4 Å². The zero-order valence-electron chi connectivity index (χ0n) is 14.8. The molecule has 0 aromatic heterocycles. The Hall–Kier alpha value is -1.64. The molecule has 140 valence electrons. The molecule has 0 radical (unpaired) electrons. The van der Waals surface area contributed by atoms with Gasteiger partial charge in [0.2, 0.25) is 15.9 Å². The Morgan fingerprint density at radius 2 is 2.16 bits per heavy atom. The second-order valence-corrected chi connectivity index (χ2v) is 8.12. The number of nitrogens with two attached hydrogens (primary N) is 1. The number of benzene rings is 1. The highest BCUT2D eigenvalue weighted by molar-refractivity contribution is 7.89. The number of aryl methyl sites for hydroxylation is 1. The van der Waals surface area contributed by atoms with Gasteiger partial charge in [0.05, 0.1) is 7.11 Å². The second-order valence-electron chi connectivity index (χ2n) is 6.26. The predicted molar refractivity (Wildman–Crippen MR) is 95.9 cm³/mol. The monoisotopic (exact) mass is 369 g/mol. The van der Waals surface area contributed by atoms with E-state index in [0.717, 1.165) is 24.8 Å². The minimum absolute atomic E-state index is 0.154. The maximum Gasteiger partial charge on any atom is 0.247 e. The van der Waals surface area contributed by atoms with Crippen LogP contribution in [0.1, 0.15) is 31.2 Å². The molecular weight excluding hydrogens is 342 g/mol. The second kappa shape index (κ2) is 8.64. The average molecular weight is 369 g/mol. The van der Waals surface area contributed by atoms with Gasteiger partial charge in [-0.15, -0.1) is 0 Å². The Bertz CT molecular complexity index is 706. The lowest BCUT2D eigenvalue weighted by Gasteiger charge is -2.35. The quantitative estimate of drug-likeness (QED) is 0.747. The molecule has 1 atom stereocenters. The number of piperidine rings is 1. The number of rotatable bonds is 7. The molecule has 0 spiro atoms. The summed E-state index contributed by atoms with van der Waals surface area (Å²) in [6, 6.07) is 4.86. The number of ether oxygens (including phenoxy) is 1. The molecule has 1 amide bonds. The Morgan fingerprint density at radius 1 is 1.40 bits per heavy atom. The van der Waals surface area contributed by atoms with Crippen LogP contribution in [-0.4, -0.2) is 51.4 Å². The molecule has 2 rings (SSSR count). The first kappa shape index (κ1) is 19.7. The molecule has 25 heavy (non-hydrogen) atoms. The van der Waals surface area contributed by atoms with Gasteiger partial charge in [-0.2, -0.15) is 4.31 Å². The summed E-state index contributed by atoms with van der Waals surface area (Å²) in [5.74, 6) is 0.181. The molecule has 1 aromatic carbocycles. The average Bonchev–Trinajstić information content (AvgIpc) is 2.60. The van der Waals surface area contributed by atoms with Crippen molar-refractivity contribution in [1.29, 1.82) is 0 Å². The van der Waals surface area contributed by atoms with Gasteiger partial charge in [-0.05, 0) is 37.5 Å². The lowest BCUT2D eigenvalue weighted by atomic mass is 10.1. The molecule has 7 nitrogen and oxygen atoms in total. The highest BCUT2D eigenvalue weighted by Gasteiger charge is 2.35. The maximum absolute atomic E-state index is 13.2. The van der Waals surface area contributed by atoms with E-state index in [2.05, 4.69) is 5.32 Å². The fourth-order valence-corrected chi connectivity index (χ4v) is 4.99. The molecule has 0 aliphatic carbocycles. The molecule has 3 N–H and O–H groups in total. The maximum atomic E-state index is 13.2. The van der Waals surface area contributed by atoms with Crippen LogP contribution in [0.25, 0.3) is 0 Å². The van der Waals surface area contributed by atoms with Crippen LogP contribution in [0.3, 0.4) is 0 Å². The van der Waals surface area contributed by atoms with E-state index in [1.54, 1.807) is 12.1 Å². The number of methoxy groups -OCH3 is 1. The highest BCUT2D eigenvalue weighted by Crippen LogP contribution is 2.31. The molecule has 1 aliphatic rings. The van der Waals surface area contributed by atoms with Crippen LogP contribution in [0.2, 0.25) is 0 Å². The van der Waals surface area contributed by atoms with E-state index >= 15 is 0 Å². The fourth-order valence-electron chi connectivity index (χ4n) is 3.06. The van der Waals surface area contributed by atoms with E-state index in [4.69, 9.17) is 10.5 Å². The van der Waals surface area contributed by atoms with Crippen molar-refractivity contribution >= 4 is 15.9 Å². The van der Waals surface area contributed by atoms with Gasteiger partial charge < -0.3 is 15.8 Å². The molecule has 1 fully saturated rings. The summed E-state index contributed by atoms with van der Waals surface area (Å²) in [5, 5.41) is 2.79. The van der Waals surface area contributed by atoms with Gasteiger partial charge in [-0.3, -0.25) is 4.79 Å². The highest BCUT2D eigenvalue weighted by atomic mass is 32.2. The lowest BCUT2D eigenvalue weighted by Crippen LogP contribution is -2.49. The molecule has 1 unspecified atom stereocenters. The van der Waals surface area contributed by atoms with Crippen molar-refractivity contribution in [2.24, 2.45) is 5.73 Å². The van der Waals surface area contributed by atoms with Gasteiger partial charge in [0.1, 0.15) is 10.6 Å². The van der Waals surface area contributed by atoms with E-state index < -0.39 is 10.0 Å². The Labute approximate surface area is 149 Å². The SMILES string of the molecule is COc1ccc(C)cc1S(=O)(=O)N1CCCCC1CNC(=O)CCN.